The summed E-state index contributed by atoms with van der Waals surface area (Å²) < 4.78 is 0. The van der Waals surface area contributed by atoms with Crippen molar-refractivity contribution < 1.29 is 81.4 Å². The van der Waals surface area contributed by atoms with Crippen LogP contribution in [0.25, 0.3) is 0 Å². The van der Waals surface area contributed by atoms with Crippen molar-refractivity contribution in [2.75, 3.05) is 0 Å². The van der Waals surface area contributed by atoms with E-state index in [-0.39, 0.29) is 46.6 Å². The number of carbonyl (C=O) groups is 3. The molecule has 16 heavy (non-hydrogen) atoms. The maximum absolute atomic E-state index is 10.1. The number of aliphatic hydroxyl groups is 1. The van der Waals surface area contributed by atoms with Crippen LogP contribution in [0.2, 0.25) is 0 Å². The largest absolute Gasteiger partial charge is 3.00 e. The van der Waals surface area contributed by atoms with Crippen LogP contribution in [0, 0.1) is 35.6 Å². The summed E-state index contributed by atoms with van der Waals surface area (Å²) in [4.78, 5) is 30.0. The molecule has 0 bridgehead atoms. The number of carboxylic acids is 3. The number of hydrogen-bond donors (Lipinski definition) is 1. The molecule has 0 heterocycles. The Morgan fingerprint density at radius 2 is 1.19 bits per heavy atom. The van der Waals surface area contributed by atoms with E-state index in [4.69, 9.17) is 5.11 Å². The molecule has 0 aliphatic rings. The first-order valence-corrected chi connectivity index (χ1v) is 3.11. The first-order chi connectivity index (χ1) is 5.78. The summed E-state index contributed by atoms with van der Waals surface area (Å²) in [5.41, 5.74) is -2.97. The van der Waals surface area contributed by atoms with Crippen LogP contribution in [0.5, 0.6) is 0 Å². The second-order valence-corrected chi connectivity index (χ2v) is 2.42. The molecular formula is C6H9LaO9. The number of aliphatic carboxylic acids is 3. The Bertz CT molecular complexity index is 234. The molecule has 0 amide bonds. The van der Waals surface area contributed by atoms with Gasteiger partial charge in [0.05, 0.1) is 5.97 Å². The van der Waals surface area contributed by atoms with Crippen LogP contribution < -0.4 is 15.3 Å². The minimum absolute atomic E-state index is 0. The van der Waals surface area contributed by atoms with Crippen molar-refractivity contribution in [3.63, 3.8) is 0 Å². The molecule has 0 aliphatic heterocycles. The molecule has 0 radical (unpaired) electrons. The summed E-state index contributed by atoms with van der Waals surface area (Å²) in [5.74, 6) is -5.98. The van der Waals surface area contributed by atoms with Gasteiger partial charge in [-0.3, -0.25) is 0 Å². The summed E-state index contributed by atoms with van der Waals surface area (Å²) in [7, 11) is 0. The average molecular weight is 364 g/mol. The number of carbonyl (C=O) groups excluding carboxylic acids is 3. The van der Waals surface area contributed by atoms with Gasteiger partial charge in [-0.25, -0.2) is 0 Å². The van der Waals surface area contributed by atoms with Crippen LogP contribution in [0.1, 0.15) is 12.8 Å². The number of hydrogen-bond acceptors (Lipinski definition) is 7. The zero-order chi connectivity index (χ0) is 10.6. The van der Waals surface area contributed by atoms with Crippen molar-refractivity contribution in [3.05, 3.63) is 0 Å². The Hall–Kier alpha value is -0.515. The molecule has 0 saturated heterocycles. The van der Waals surface area contributed by atoms with Gasteiger partial charge >= 0.3 is 35.6 Å². The number of carboxylic acid groups (broad SMARTS) is 3. The fraction of sp³-hybridized carbons (Fsp3) is 0.500. The molecule has 5 N–H and O–H groups in total. The monoisotopic (exact) mass is 364 g/mol. The van der Waals surface area contributed by atoms with Gasteiger partial charge in [0.2, 0.25) is 0 Å². The summed E-state index contributed by atoms with van der Waals surface area (Å²) in [6, 6.07) is 0. The molecule has 0 spiro atoms. The third-order valence-corrected chi connectivity index (χ3v) is 1.25. The van der Waals surface area contributed by atoms with Crippen molar-refractivity contribution >= 4 is 17.9 Å². The molecule has 90 valence electrons. The molecule has 0 unspecified atom stereocenters. The minimum Gasteiger partial charge on any atom is -0.550 e. The summed E-state index contributed by atoms with van der Waals surface area (Å²) in [6.45, 7) is 0. The van der Waals surface area contributed by atoms with Crippen LogP contribution in [-0.2, 0) is 14.4 Å². The first kappa shape index (κ1) is 24.6. The SMILES string of the molecule is O.O.O=C([O-])CC(O)(CC(=O)[O-])C(=O)[O-].[La+3]. The maximum Gasteiger partial charge on any atom is 3.00 e. The molecule has 0 aromatic carbocycles. The van der Waals surface area contributed by atoms with E-state index in [2.05, 4.69) is 0 Å². The molecule has 0 saturated carbocycles. The number of rotatable bonds is 5. The van der Waals surface area contributed by atoms with Gasteiger partial charge in [0.15, 0.2) is 0 Å². The van der Waals surface area contributed by atoms with E-state index in [1.165, 1.54) is 0 Å². The smallest absolute Gasteiger partial charge is 0.550 e. The van der Waals surface area contributed by atoms with Crippen LogP contribution in [0.15, 0.2) is 0 Å². The molecule has 0 aromatic rings. The van der Waals surface area contributed by atoms with E-state index in [1.54, 1.807) is 0 Å². The Morgan fingerprint density at radius 3 is 1.31 bits per heavy atom. The van der Waals surface area contributed by atoms with Crippen LogP contribution in [0.3, 0.4) is 0 Å². The van der Waals surface area contributed by atoms with Gasteiger partial charge in [-0.1, -0.05) is 0 Å². The van der Waals surface area contributed by atoms with Gasteiger partial charge in [0.25, 0.3) is 0 Å². The molecule has 0 aromatic heterocycles. The zero-order valence-electron chi connectivity index (χ0n) is 7.89. The fourth-order valence-corrected chi connectivity index (χ4v) is 0.684. The van der Waals surface area contributed by atoms with E-state index in [1.807, 2.05) is 0 Å². The zero-order valence-corrected chi connectivity index (χ0v) is 11.5. The van der Waals surface area contributed by atoms with E-state index in [0.29, 0.717) is 0 Å². The molecular weight excluding hydrogens is 355 g/mol. The standard InChI is InChI=1S/C6H8O7.La.2H2O/c7-3(8)1-6(13,5(11)12)2-4(9)10;;;/h13H,1-2H2,(H,7,8)(H,9,10)(H,11,12);;2*1H2/q;+3;;/p-3. The third kappa shape index (κ3) is 8.77. The molecule has 9 nitrogen and oxygen atoms in total. The summed E-state index contributed by atoms with van der Waals surface area (Å²) in [5, 5.41) is 38.9. The predicted octanol–water partition coefficient (Wildman–Crippen LogP) is -6.90. The second-order valence-electron chi connectivity index (χ2n) is 2.42. The van der Waals surface area contributed by atoms with Crippen LogP contribution in [0.4, 0.5) is 0 Å². The first-order valence-electron chi connectivity index (χ1n) is 3.11. The molecule has 10 heteroatoms. The van der Waals surface area contributed by atoms with Crippen molar-refractivity contribution in [1.29, 1.82) is 0 Å². The van der Waals surface area contributed by atoms with Crippen molar-refractivity contribution in [1.82, 2.24) is 0 Å². The van der Waals surface area contributed by atoms with Gasteiger partial charge < -0.3 is 45.8 Å². The second kappa shape index (κ2) is 9.69. The van der Waals surface area contributed by atoms with Crippen molar-refractivity contribution in [3.8, 4) is 0 Å². The van der Waals surface area contributed by atoms with E-state index < -0.39 is 36.4 Å². The topological polar surface area (TPSA) is 204 Å². The minimum atomic E-state index is -2.97. The fourth-order valence-electron chi connectivity index (χ4n) is 0.684. The van der Waals surface area contributed by atoms with Gasteiger partial charge in [-0.2, -0.15) is 0 Å². The summed E-state index contributed by atoms with van der Waals surface area (Å²) in [6.07, 6.45) is -2.72. The van der Waals surface area contributed by atoms with E-state index >= 15 is 0 Å². The predicted molar refractivity (Wildman–Crippen MR) is 36.4 cm³/mol. The van der Waals surface area contributed by atoms with Gasteiger partial charge in [-0.15, -0.1) is 0 Å². The summed E-state index contributed by atoms with van der Waals surface area (Å²) >= 11 is 0. The molecule has 0 atom stereocenters. The molecule has 0 fully saturated rings. The molecule has 0 aliphatic carbocycles. The van der Waals surface area contributed by atoms with Crippen LogP contribution in [-0.4, -0.2) is 39.6 Å². The van der Waals surface area contributed by atoms with Gasteiger partial charge in [0, 0.05) is 24.8 Å². The van der Waals surface area contributed by atoms with E-state index in [9.17, 15) is 29.7 Å². The third-order valence-electron chi connectivity index (χ3n) is 1.25. The Labute approximate surface area is 117 Å². The van der Waals surface area contributed by atoms with Crippen molar-refractivity contribution in [2.45, 2.75) is 18.4 Å². The quantitative estimate of drug-likeness (QED) is 0.498. The Balaban J connectivity index is -0.000000240. The Kier molecular flexibility index (Phi) is 14.9. The van der Waals surface area contributed by atoms with Crippen LogP contribution >= 0.6 is 0 Å². The average Bonchev–Trinajstić information content (AvgIpc) is 1.82. The van der Waals surface area contributed by atoms with Crippen molar-refractivity contribution in [2.24, 2.45) is 0 Å². The maximum atomic E-state index is 10.1. The van der Waals surface area contributed by atoms with Gasteiger partial charge in [-0.05, 0) is 0 Å². The Morgan fingerprint density at radius 1 is 0.938 bits per heavy atom. The normalized spacial score (nSPS) is 8.81. The molecule has 0 rings (SSSR count). The van der Waals surface area contributed by atoms with E-state index in [0.717, 1.165) is 0 Å². The van der Waals surface area contributed by atoms with Gasteiger partial charge in [0.1, 0.15) is 5.60 Å².